The molecule has 0 amide bonds. The summed E-state index contributed by atoms with van der Waals surface area (Å²) in [5, 5.41) is 2.39. The zero-order valence-corrected chi connectivity index (χ0v) is 7.52. The van der Waals surface area contributed by atoms with Gasteiger partial charge in [-0.25, -0.2) is 0 Å². The lowest BCUT2D eigenvalue weighted by Gasteiger charge is -2.20. The molecule has 0 aliphatic carbocycles. The van der Waals surface area contributed by atoms with E-state index in [0.717, 1.165) is 0 Å². The Morgan fingerprint density at radius 3 is 2.00 bits per heavy atom. The molecular formula is C6H15BrN2. The Bertz CT molecular complexity index is 62.1. The van der Waals surface area contributed by atoms with Gasteiger partial charge in [-0.2, -0.15) is 5.01 Å². The van der Waals surface area contributed by atoms with Gasteiger partial charge in [-0.15, -0.1) is 0 Å². The van der Waals surface area contributed by atoms with Gasteiger partial charge in [-0.3, -0.25) is 5.43 Å². The number of nitrogens with zero attached hydrogens (tertiary/aromatic N) is 1. The quantitative estimate of drug-likeness (QED) is 0.432. The highest BCUT2D eigenvalue weighted by atomic mass is 79.9. The van der Waals surface area contributed by atoms with Crippen molar-refractivity contribution in [3.63, 3.8) is 0 Å². The van der Waals surface area contributed by atoms with Crippen molar-refractivity contribution >= 4 is 0 Å². The highest BCUT2D eigenvalue weighted by Gasteiger charge is 2.08. The van der Waals surface area contributed by atoms with E-state index in [0.29, 0.717) is 0 Å². The van der Waals surface area contributed by atoms with Gasteiger partial charge in [0.25, 0.3) is 0 Å². The molecular weight excluding hydrogens is 180 g/mol. The Morgan fingerprint density at radius 1 is 1.11 bits per heavy atom. The van der Waals surface area contributed by atoms with Crippen molar-refractivity contribution < 1.29 is 22.4 Å². The van der Waals surface area contributed by atoms with Gasteiger partial charge in [0.05, 0.1) is 7.05 Å². The molecule has 0 radical (unpaired) electrons. The number of quaternary nitrogens is 1. The second-order valence-electron chi connectivity index (χ2n) is 2.35. The smallest absolute Gasteiger partial charge is 0.0827 e. The molecule has 0 unspecified atom stereocenters. The number of piperidine rings is 1. The Kier molecular flexibility index (Phi) is 5.44. The third-order valence-corrected chi connectivity index (χ3v) is 1.76. The first kappa shape index (κ1) is 9.40. The first-order valence-electron chi connectivity index (χ1n) is 3.47. The number of nitrogens with two attached hydrogens (primary N) is 1. The number of halogens is 1. The molecule has 2 nitrogen and oxygen atoms in total. The summed E-state index contributed by atoms with van der Waals surface area (Å²) >= 11 is 0. The van der Waals surface area contributed by atoms with Crippen molar-refractivity contribution in [2.75, 3.05) is 20.1 Å². The molecule has 9 heavy (non-hydrogen) atoms. The van der Waals surface area contributed by atoms with Gasteiger partial charge in [0, 0.05) is 13.1 Å². The minimum atomic E-state index is 0. The van der Waals surface area contributed by atoms with Crippen molar-refractivity contribution in [2.45, 2.75) is 19.3 Å². The normalized spacial score (nSPS) is 21.0. The van der Waals surface area contributed by atoms with E-state index in [4.69, 9.17) is 0 Å². The molecule has 0 saturated carbocycles. The predicted molar refractivity (Wildman–Crippen MR) is 33.3 cm³/mol. The molecule has 0 aromatic rings. The van der Waals surface area contributed by atoms with Gasteiger partial charge < -0.3 is 17.0 Å². The van der Waals surface area contributed by atoms with Crippen molar-refractivity contribution in [2.24, 2.45) is 0 Å². The van der Waals surface area contributed by atoms with E-state index in [1.807, 2.05) is 0 Å². The summed E-state index contributed by atoms with van der Waals surface area (Å²) in [6.07, 6.45) is 4.22. The molecule has 1 saturated heterocycles. The third kappa shape index (κ3) is 3.18. The second kappa shape index (κ2) is 5.21. The first-order chi connectivity index (χ1) is 3.93. The van der Waals surface area contributed by atoms with Crippen molar-refractivity contribution in [1.82, 2.24) is 5.01 Å². The maximum atomic E-state index is 2.39. The molecule has 0 aromatic carbocycles. The summed E-state index contributed by atoms with van der Waals surface area (Å²) in [7, 11) is 2.12. The van der Waals surface area contributed by atoms with E-state index in [9.17, 15) is 0 Å². The average molecular weight is 195 g/mol. The molecule has 1 rings (SSSR count). The van der Waals surface area contributed by atoms with Crippen LogP contribution in [0.15, 0.2) is 0 Å². The van der Waals surface area contributed by atoms with Gasteiger partial charge in [0.2, 0.25) is 0 Å². The lowest BCUT2D eigenvalue weighted by Crippen LogP contribution is -3.00. The molecule has 3 heteroatoms. The largest absolute Gasteiger partial charge is 1.00 e. The minimum absolute atomic E-state index is 0. The average Bonchev–Trinajstić information content (AvgIpc) is 1.90. The number of hydrogen-bond acceptors (Lipinski definition) is 1. The van der Waals surface area contributed by atoms with Crippen LogP contribution in [0, 0.1) is 0 Å². The van der Waals surface area contributed by atoms with E-state index >= 15 is 0 Å². The van der Waals surface area contributed by atoms with Gasteiger partial charge in [0.1, 0.15) is 0 Å². The molecule has 0 aromatic heterocycles. The molecule has 0 bridgehead atoms. The van der Waals surface area contributed by atoms with Crippen LogP contribution in [0.5, 0.6) is 0 Å². The van der Waals surface area contributed by atoms with Crippen LogP contribution in [0.3, 0.4) is 0 Å². The summed E-state index contributed by atoms with van der Waals surface area (Å²) in [6, 6.07) is 0. The monoisotopic (exact) mass is 194 g/mol. The number of rotatable bonds is 1. The summed E-state index contributed by atoms with van der Waals surface area (Å²) in [6.45, 7) is 2.58. The van der Waals surface area contributed by atoms with Gasteiger partial charge in [0.15, 0.2) is 0 Å². The maximum Gasteiger partial charge on any atom is 0.0827 e. The minimum Gasteiger partial charge on any atom is -1.00 e. The molecule has 0 atom stereocenters. The van der Waals surface area contributed by atoms with E-state index < -0.39 is 0 Å². The Hall–Kier alpha value is 0.400. The zero-order chi connectivity index (χ0) is 5.82. The Morgan fingerprint density at radius 2 is 1.67 bits per heavy atom. The van der Waals surface area contributed by atoms with Gasteiger partial charge in [-0.1, -0.05) is 6.42 Å². The molecule has 1 heterocycles. The fourth-order valence-corrected chi connectivity index (χ4v) is 1.18. The molecule has 56 valence electrons. The van der Waals surface area contributed by atoms with Crippen LogP contribution in [0.4, 0.5) is 0 Å². The van der Waals surface area contributed by atoms with Crippen LogP contribution in [0.2, 0.25) is 0 Å². The first-order valence-corrected chi connectivity index (χ1v) is 3.47. The van der Waals surface area contributed by atoms with E-state index in [-0.39, 0.29) is 17.0 Å². The van der Waals surface area contributed by atoms with Crippen LogP contribution in [0.25, 0.3) is 0 Å². The fourth-order valence-electron chi connectivity index (χ4n) is 1.18. The van der Waals surface area contributed by atoms with Crippen LogP contribution in [-0.2, 0) is 0 Å². The predicted octanol–water partition coefficient (Wildman–Crippen LogP) is -3.42. The Labute approximate surface area is 67.4 Å². The van der Waals surface area contributed by atoms with Gasteiger partial charge in [-0.05, 0) is 12.8 Å². The Balaban J connectivity index is 0.000000640. The van der Waals surface area contributed by atoms with Crippen molar-refractivity contribution in [3.8, 4) is 0 Å². The fraction of sp³-hybridized carbons (Fsp3) is 1.00. The van der Waals surface area contributed by atoms with Crippen LogP contribution < -0.4 is 22.4 Å². The summed E-state index contributed by atoms with van der Waals surface area (Å²) < 4.78 is 0. The highest BCUT2D eigenvalue weighted by Crippen LogP contribution is 2.02. The van der Waals surface area contributed by atoms with Crippen LogP contribution in [0.1, 0.15) is 19.3 Å². The van der Waals surface area contributed by atoms with Crippen LogP contribution in [-0.4, -0.2) is 25.1 Å². The summed E-state index contributed by atoms with van der Waals surface area (Å²) in [5.74, 6) is 0. The molecule has 0 spiro atoms. The molecule has 2 N–H and O–H groups in total. The second-order valence-corrected chi connectivity index (χ2v) is 2.35. The van der Waals surface area contributed by atoms with Gasteiger partial charge >= 0.3 is 0 Å². The lowest BCUT2D eigenvalue weighted by atomic mass is 10.2. The lowest BCUT2D eigenvalue weighted by molar-refractivity contribution is -0.784. The van der Waals surface area contributed by atoms with E-state index in [2.05, 4.69) is 17.5 Å². The third-order valence-electron chi connectivity index (χ3n) is 1.76. The highest BCUT2D eigenvalue weighted by molar-refractivity contribution is 4.54. The topological polar surface area (TPSA) is 19.9 Å². The SMILES string of the molecule is C[NH2+]N1CCCCC1.[Br-]. The van der Waals surface area contributed by atoms with E-state index in [1.54, 1.807) is 0 Å². The zero-order valence-electron chi connectivity index (χ0n) is 5.94. The molecule has 1 aliphatic heterocycles. The van der Waals surface area contributed by atoms with Crippen molar-refractivity contribution in [3.05, 3.63) is 0 Å². The standard InChI is InChI=1S/C6H14N2.BrH/c1-7-8-5-3-2-4-6-8;/h7H,2-6H2,1H3;1H. The van der Waals surface area contributed by atoms with Crippen LogP contribution >= 0.6 is 0 Å². The summed E-state index contributed by atoms with van der Waals surface area (Å²) in [5.41, 5.74) is 2.19. The van der Waals surface area contributed by atoms with E-state index in [1.165, 1.54) is 32.4 Å². The van der Waals surface area contributed by atoms with Crippen molar-refractivity contribution in [1.29, 1.82) is 0 Å². The number of hydrogen-bond donors (Lipinski definition) is 1. The maximum absolute atomic E-state index is 2.39. The molecule has 1 fully saturated rings. The summed E-state index contributed by atoms with van der Waals surface area (Å²) in [4.78, 5) is 0. The molecule has 1 aliphatic rings.